The molecule has 0 saturated heterocycles. The van der Waals surface area contributed by atoms with Crippen molar-refractivity contribution in [1.29, 1.82) is 5.26 Å². The molecule has 6 heteroatoms. The molecule has 2 N–H and O–H groups in total. The fourth-order valence-electron chi connectivity index (χ4n) is 1.02. The van der Waals surface area contributed by atoms with E-state index < -0.39 is 18.5 Å². The van der Waals surface area contributed by atoms with E-state index in [1.807, 2.05) is 6.07 Å². The Morgan fingerprint density at radius 1 is 1.53 bits per heavy atom. The molecule has 84 valence electrons. The number of carboxylic acids is 1. The van der Waals surface area contributed by atoms with Gasteiger partial charge in [0, 0.05) is 12.6 Å². The summed E-state index contributed by atoms with van der Waals surface area (Å²) in [5.41, 5.74) is 0. The summed E-state index contributed by atoms with van der Waals surface area (Å²) in [6.07, 6.45) is 0.235. The second-order valence-electron chi connectivity index (χ2n) is 3.25. The van der Waals surface area contributed by atoms with Gasteiger partial charge < -0.3 is 15.3 Å². The average Bonchev–Trinajstić information content (AvgIpc) is 2.14. The zero-order chi connectivity index (χ0) is 11.8. The number of carbonyl (C=O) groups is 2. The summed E-state index contributed by atoms with van der Waals surface area (Å²) < 4.78 is 0. The fourth-order valence-corrected chi connectivity index (χ4v) is 1.02. The molecule has 0 heterocycles. The summed E-state index contributed by atoms with van der Waals surface area (Å²) in [6, 6.07) is 1.42. The van der Waals surface area contributed by atoms with Gasteiger partial charge in [0.05, 0.1) is 12.5 Å². The van der Waals surface area contributed by atoms with Crippen LogP contribution in [-0.4, -0.2) is 41.1 Å². The number of amides is 2. The quantitative estimate of drug-likeness (QED) is 0.691. The van der Waals surface area contributed by atoms with Crippen LogP contribution in [0.25, 0.3) is 0 Å². The van der Waals surface area contributed by atoms with E-state index in [2.05, 4.69) is 5.32 Å². The molecule has 0 unspecified atom stereocenters. The van der Waals surface area contributed by atoms with Gasteiger partial charge in [-0.15, -0.1) is 0 Å². The molecule has 0 radical (unpaired) electrons. The summed E-state index contributed by atoms with van der Waals surface area (Å²) >= 11 is 0. The van der Waals surface area contributed by atoms with E-state index in [1.165, 1.54) is 4.90 Å². The number of aliphatic carboxylic acids is 1. The third-order valence-electron chi connectivity index (χ3n) is 1.74. The Morgan fingerprint density at radius 2 is 2.13 bits per heavy atom. The van der Waals surface area contributed by atoms with Crippen molar-refractivity contribution >= 4 is 12.0 Å². The normalized spacial score (nSPS) is 9.47. The standard InChI is InChI=1S/C9H15N3O3/c1-7(2)12(5-3-4-10)9(15)11-6-8(13)14/h7H,3,5-6H2,1-2H3,(H,11,15)(H,13,14). The monoisotopic (exact) mass is 213 g/mol. The molecule has 0 bridgehead atoms. The highest BCUT2D eigenvalue weighted by Crippen LogP contribution is 1.99. The predicted octanol–water partition coefficient (Wildman–Crippen LogP) is 0.405. The van der Waals surface area contributed by atoms with E-state index in [0.717, 1.165) is 0 Å². The Labute approximate surface area is 88.5 Å². The number of rotatable bonds is 5. The van der Waals surface area contributed by atoms with Crippen molar-refractivity contribution in [2.75, 3.05) is 13.1 Å². The molecule has 0 aliphatic carbocycles. The highest BCUT2D eigenvalue weighted by Gasteiger charge is 2.16. The van der Waals surface area contributed by atoms with Crippen LogP contribution in [0.15, 0.2) is 0 Å². The number of urea groups is 1. The zero-order valence-corrected chi connectivity index (χ0v) is 8.86. The predicted molar refractivity (Wildman–Crippen MR) is 53.1 cm³/mol. The second kappa shape index (κ2) is 6.65. The van der Waals surface area contributed by atoms with Gasteiger partial charge in [-0.3, -0.25) is 4.79 Å². The first-order valence-corrected chi connectivity index (χ1v) is 4.62. The van der Waals surface area contributed by atoms with E-state index in [4.69, 9.17) is 10.4 Å². The van der Waals surface area contributed by atoms with Crippen molar-refractivity contribution in [1.82, 2.24) is 10.2 Å². The van der Waals surface area contributed by atoms with Crippen molar-refractivity contribution in [3.63, 3.8) is 0 Å². The number of hydrogen-bond donors (Lipinski definition) is 2. The number of nitrogens with one attached hydrogen (secondary N) is 1. The summed E-state index contributed by atoms with van der Waals surface area (Å²) in [5, 5.41) is 19.0. The first-order valence-electron chi connectivity index (χ1n) is 4.62. The van der Waals surface area contributed by atoms with Gasteiger partial charge in [-0.25, -0.2) is 4.79 Å². The molecule has 2 amide bonds. The number of carbonyl (C=O) groups excluding carboxylic acids is 1. The third kappa shape index (κ3) is 5.52. The largest absolute Gasteiger partial charge is 0.480 e. The van der Waals surface area contributed by atoms with Crippen LogP contribution in [0.4, 0.5) is 4.79 Å². The summed E-state index contributed by atoms with van der Waals surface area (Å²) in [4.78, 5) is 23.1. The van der Waals surface area contributed by atoms with Gasteiger partial charge in [0.1, 0.15) is 6.54 Å². The lowest BCUT2D eigenvalue weighted by Crippen LogP contribution is -2.45. The Morgan fingerprint density at radius 3 is 2.53 bits per heavy atom. The lowest BCUT2D eigenvalue weighted by molar-refractivity contribution is -0.135. The second-order valence-corrected chi connectivity index (χ2v) is 3.25. The molecule has 0 fully saturated rings. The Bertz CT molecular complexity index is 270. The molecular weight excluding hydrogens is 198 g/mol. The minimum atomic E-state index is -1.09. The zero-order valence-electron chi connectivity index (χ0n) is 8.86. The van der Waals surface area contributed by atoms with Crippen LogP contribution < -0.4 is 5.32 Å². The van der Waals surface area contributed by atoms with Gasteiger partial charge in [0.15, 0.2) is 0 Å². The van der Waals surface area contributed by atoms with Crippen molar-refractivity contribution < 1.29 is 14.7 Å². The highest BCUT2D eigenvalue weighted by atomic mass is 16.4. The summed E-state index contributed by atoms with van der Waals surface area (Å²) in [5.74, 6) is -1.09. The van der Waals surface area contributed by atoms with Crippen LogP contribution in [0.3, 0.4) is 0 Å². The number of nitriles is 1. The van der Waals surface area contributed by atoms with E-state index >= 15 is 0 Å². The first-order chi connectivity index (χ1) is 6.99. The van der Waals surface area contributed by atoms with Gasteiger partial charge in [-0.05, 0) is 13.8 Å². The van der Waals surface area contributed by atoms with Crippen molar-refractivity contribution in [3.05, 3.63) is 0 Å². The third-order valence-corrected chi connectivity index (χ3v) is 1.74. The molecule has 0 aliphatic rings. The molecule has 0 rings (SSSR count). The maximum absolute atomic E-state index is 11.4. The van der Waals surface area contributed by atoms with E-state index in [0.29, 0.717) is 6.54 Å². The van der Waals surface area contributed by atoms with Gasteiger partial charge >= 0.3 is 12.0 Å². The average molecular weight is 213 g/mol. The highest BCUT2D eigenvalue weighted by molar-refractivity contribution is 5.80. The summed E-state index contributed by atoms with van der Waals surface area (Å²) in [6.45, 7) is 3.50. The maximum Gasteiger partial charge on any atom is 0.323 e. The lowest BCUT2D eigenvalue weighted by atomic mass is 10.3. The van der Waals surface area contributed by atoms with E-state index in [1.54, 1.807) is 13.8 Å². The van der Waals surface area contributed by atoms with Crippen LogP contribution in [0, 0.1) is 11.3 Å². The molecule has 0 spiro atoms. The molecule has 0 aromatic carbocycles. The lowest BCUT2D eigenvalue weighted by Gasteiger charge is -2.25. The maximum atomic E-state index is 11.4. The topological polar surface area (TPSA) is 93.4 Å². The molecule has 0 saturated carbocycles. The smallest absolute Gasteiger partial charge is 0.323 e. The van der Waals surface area contributed by atoms with Crippen LogP contribution in [-0.2, 0) is 4.79 Å². The van der Waals surface area contributed by atoms with Crippen molar-refractivity contribution in [3.8, 4) is 6.07 Å². The first kappa shape index (κ1) is 13.2. The van der Waals surface area contributed by atoms with Gasteiger partial charge in [-0.2, -0.15) is 5.26 Å². The minimum Gasteiger partial charge on any atom is -0.480 e. The fraction of sp³-hybridized carbons (Fsp3) is 0.667. The van der Waals surface area contributed by atoms with Crippen LogP contribution in [0.5, 0.6) is 0 Å². The van der Waals surface area contributed by atoms with Crippen molar-refractivity contribution in [2.24, 2.45) is 0 Å². The molecule has 0 aliphatic heterocycles. The number of nitrogens with zero attached hydrogens (tertiary/aromatic N) is 2. The molecular formula is C9H15N3O3. The number of carboxylic acid groups (broad SMARTS) is 1. The Kier molecular flexibility index (Phi) is 5.86. The molecule has 0 atom stereocenters. The van der Waals surface area contributed by atoms with E-state index in [9.17, 15) is 9.59 Å². The molecule has 6 nitrogen and oxygen atoms in total. The van der Waals surface area contributed by atoms with Crippen LogP contribution in [0.1, 0.15) is 20.3 Å². The van der Waals surface area contributed by atoms with Gasteiger partial charge in [-0.1, -0.05) is 0 Å². The van der Waals surface area contributed by atoms with Crippen LogP contribution >= 0.6 is 0 Å². The van der Waals surface area contributed by atoms with Gasteiger partial charge in [0.25, 0.3) is 0 Å². The molecule has 0 aromatic heterocycles. The summed E-state index contributed by atoms with van der Waals surface area (Å²) in [7, 11) is 0. The van der Waals surface area contributed by atoms with Crippen LogP contribution in [0.2, 0.25) is 0 Å². The minimum absolute atomic E-state index is 0.0628. The Balaban J connectivity index is 4.17. The van der Waals surface area contributed by atoms with Crippen molar-refractivity contribution in [2.45, 2.75) is 26.3 Å². The molecule has 0 aromatic rings. The molecule has 15 heavy (non-hydrogen) atoms. The van der Waals surface area contributed by atoms with Gasteiger partial charge in [0.2, 0.25) is 0 Å². The van der Waals surface area contributed by atoms with E-state index in [-0.39, 0.29) is 12.5 Å². The SMILES string of the molecule is CC(C)N(CCC#N)C(=O)NCC(=O)O. The number of hydrogen-bond acceptors (Lipinski definition) is 3. The Hall–Kier alpha value is -1.77.